The van der Waals surface area contributed by atoms with Crippen molar-refractivity contribution in [1.29, 1.82) is 0 Å². The molecule has 3 aromatic carbocycles. The average molecular weight is 432 g/mol. The number of fused-ring (bicyclic) bond motifs is 1. The van der Waals surface area contributed by atoms with Crippen LogP contribution in [-0.2, 0) is 0 Å². The van der Waals surface area contributed by atoms with E-state index >= 15 is 0 Å². The summed E-state index contributed by atoms with van der Waals surface area (Å²) in [4.78, 5) is 15.8. The highest BCUT2D eigenvalue weighted by Crippen LogP contribution is 2.36. The first-order chi connectivity index (χ1) is 15.1. The summed E-state index contributed by atoms with van der Waals surface area (Å²) in [6.45, 7) is 0.249. The van der Waals surface area contributed by atoms with Gasteiger partial charge in [-0.15, -0.1) is 11.3 Å². The molecule has 31 heavy (non-hydrogen) atoms. The van der Waals surface area contributed by atoms with Crippen molar-refractivity contribution >= 4 is 28.1 Å². The Morgan fingerprint density at radius 1 is 0.935 bits per heavy atom. The molecule has 8 heteroatoms. The number of nitrogens with zero attached hydrogens (tertiary/aromatic N) is 1. The van der Waals surface area contributed by atoms with Gasteiger partial charge in [0, 0.05) is 16.6 Å². The molecular formula is C23H16N2O5S. The fourth-order valence-corrected chi connectivity index (χ4v) is 4.02. The van der Waals surface area contributed by atoms with E-state index in [0.29, 0.717) is 16.4 Å². The molecule has 0 bridgehead atoms. The second kappa shape index (κ2) is 7.66. The summed E-state index contributed by atoms with van der Waals surface area (Å²) >= 11 is 1.41. The molecule has 0 aliphatic carbocycles. The molecule has 0 atom stereocenters. The molecule has 3 N–H and O–H groups in total. The highest BCUT2D eigenvalue weighted by atomic mass is 32.1. The Hall–Kier alpha value is -4.04. The molecule has 1 aliphatic rings. The Labute approximate surface area is 181 Å². The Bertz CT molecular complexity index is 1280. The molecule has 0 amide bonds. The lowest BCUT2D eigenvalue weighted by Gasteiger charge is -2.06. The van der Waals surface area contributed by atoms with Gasteiger partial charge in [-0.3, -0.25) is 0 Å². The number of carboxylic acids is 1. The molecule has 0 spiro atoms. The number of ether oxygens (including phenoxy) is 2. The molecule has 0 fully saturated rings. The zero-order valence-electron chi connectivity index (χ0n) is 16.0. The van der Waals surface area contributed by atoms with E-state index in [-0.39, 0.29) is 18.1 Å². The SMILES string of the molecule is O=C(O)c1cc(-c2csc(Nc3ccc(-c4ccc5c(c4)OCO5)cc3)n2)ccc1O. The Balaban J connectivity index is 1.33. The topological polar surface area (TPSA) is 101 Å². The molecule has 5 rings (SSSR count). The molecule has 154 valence electrons. The number of aromatic carboxylic acids is 1. The highest BCUT2D eigenvalue weighted by Gasteiger charge is 2.15. The number of aromatic nitrogens is 1. The van der Waals surface area contributed by atoms with E-state index in [1.54, 1.807) is 6.07 Å². The van der Waals surface area contributed by atoms with E-state index in [2.05, 4.69) is 10.3 Å². The molecule has 7 nitrogen and oxygen atoms in total. The number of aromatic hydroxyl groups is 1. The second-order valence-electron chi connectivity index (χ2n) is 6.85. The van der Waals surface area contributed by atoms with Crippen LogP contribution < -0.4 is 14.8 Å². The normalized spacial score (nSPS) is 12.0. The van der Waals surface area contributed by atoms with E-state index in [4.69, 9.17) is 9.47 Å². The number of rotatable bonds is 5. The van der Waals surface area contributed by atoms with Crippen molar-refractivity contribution in [2.45, 2.75) is 0 Å². The van der Waals surface area contributed by atoms with Crippen LogP contribution >= 0.6 is 11.3 Å². The van der Waals surface area contributed by atoms with Crippen LogP contribution in [0.4, 0.5) is 10.8 Å². The van der Waals surface area contributed by atoms with Crippen LogP contribution in [0, 0.1) is 0 Å². The van der Waals surface area contributed by atoms with Gasteiger partial charge in [-0.2, -0.15) is 0 Å². The number of nitrogens with one attached hydrogen (secondary N) is 1. The number of phenols is 1. The second-order valence-corrected chi connectivity index (χ2v) is 7.70. The Morgan fingerprint density at radius 3 is 2.48 bits per heavy atom. The van der Waals surface area contributed by atoms with E-state index in [1.807, 2.05) is 47.8 Å². The van der Waals surface area contributed by atoms with Gasteiger partial charge in [0.1, 0.15) is 11.3 Å². The largest absolute Gasteiger partial charge is 0.507 e. The van der Waals surface area contributed by atoms with Crippen LogP contribution in [0.1, 0.15) is 10.4 Å². The van der Waals surface area contributed by atoms with Gasteiger partial charge in [0.25, 0.3) is 0 Å². The van der Waals surface area contributed by atoms with E-state index in [1.165, 1.54) is 23.5 Å². The summed E-state index contributed by atoms with van der Waals surface area (Å²) < 4.78 is 10.8. The number of carboxylic acid groups (broad SMARTS) is 1. The van der Waals surface area contributed by atoms with E-state index in [0.717, 1.165) is 28.3 Å². The van der Waals surface area contributed by atoms with Crippen LogP contribution in [0.3, 0.4) is 0 Å². The Morgan fingerprint density at radius 2 is 1.68 bits per heavy atom. The smallest absolute Gasteiger partial charge is 0.339 e. The van der Waals surface area contributed by atoms with Gasteiger partial charge in [-0.1, -0.05) is 18.2 Å². The lowest BCUT2D eigenvalue weighted by atomic mass is 10.0. The lowest BCUT2D eigenvalue weighted by Crippen LogP contribution is -1.97. The first kappa shape index (κ1) is 19.0. The third-order valence-electron chi connectivity index (χ3n) is 4.87. The van der Waals surface area contributed by atoms with Crippen LogP contribution in [0.25, 0.3) is 22.4 Å². The third-order valence-corrected chi connectivity index (χ3v) is 5.63. The maximum Gasteiger partial charge on any atom is 0.339 e. The first-order valence-electron chi connectivity index (χ1n) is 9.36. The number of carbonyl (C=O) groups is 1. The van der Waals surface area contributed by atoms with Crippen LogP contribution in [0.5, 0.6) is 17.2 Å². The van der Waals surface area contributed by atoms with Gasteiger partial charge >= 0.3 is 5.97 Å². The number of benzene rings is 3. The van der Waals surface area contributed by atoms with Gasteiger partial charge < -0.3 is 25.0 Å². The van der Waals surface area contributed by atoms with Crippen molar-refractivity contribution in [3.63, 3.8) is 0 Å². The summed E-state index contributed by atoms with van der Waals surface area (Å²) in [5.74, 6) is 0.0453. The lowest BCUT2D eigenvalue weighted by molar-refractivity contribution is 0.0693. The van der Waals surface area contributed by atoms with Crippen LogP contribution in [-0.4, -0.2) is 28.0 Å². The van der Waals surface area contributed by atoms with Gasteiger partial charge in [0.15, 0.2) is 16.6 Å². The maximum absolute atomic E-state index is 11.2. The fourth-order valence-electron chi connectivity index (χ4n) is 3.28. The van der Waals surface area contributed by atoms with E-state index < -0.39 is 5.97 Å². The zero-order valence-corrected chi connectivity index (χ0v) is 16.8. The molecule has 2 heterocycles. The van der Waals surface area contributed by atoms with Crippen molar-refractivity contribution in [2.24, 2.45) is 0 Å². The molecule has 0 saturated carbocycles. The standard InChI is InChI=1S/C23H16N2O5S/c26-19-7-3-15(9-17(19)22(27)28)18-11-31-23(25-18)24-16-5-1-13(2-6-16)14-4-8-20-21(10-14)30-12-29-20/h1-11,26H,12H2,(H,24,25)(H,27,28). The predicted octanol–water partition coefficient (Wildman–Crippen LogP) is 5.35. The van der Waals surface area contributed by atoms with Gasteiger partial charge in [-0.25, -0.2) is 9.78 Å². The average Bonchev–Trinajstić information content (AvgIpc) is 3.43. The van der Waals surface area contributed by atoms with Gasteiger partial charge in [0.2, 0.25) is 6.79 Å². The van der Waals surface area contributed by atoms with Crippen LogP contribution in [0.2, 0.25) is 0 Å². The van der Waals surface area contributed by atoms with Crippen molar-refractivity contribution in [1.82, 2.24) is 4.98 Å². The first-order valence-corrected chi connectivity index (χ1v) is 10.2. The third kappa shape index (κ3) is 3.76. The summed E-state index contributed by atoms with van der Waals surface area (Å²) in [6.07, 6.45) is 0. The molecule has 1 aliphatic heterocycles. The molecule has 0 unspecified atom stereocenters. The molecule has 0 saturated heterocycles. The predicted molar refractivity (Wildman–Crippen MR) is 117 cm³/mol. The number of anilines is 2. The minimum absolute atomic E-state index is 0.154. The fraction of sp³-hybridized carbons (Fsp3) is 0.0435. The molecule has 0 radical (unpaired) electrons. The minimum atomic E-state index is -1.18. The summed E-state index contributed by atoms with van der Waals surface area (Å²) in [7, 11) is 0. The summed E-state index contributed by atoms with van der Waals surface area (Å²) in [6, 6.07) is 18.2. The van der Waals surface area contributed by atoms with Gasteiger partial charge in [0.05, 0.1) is 5.69 Å². The highest BCUT2D eigenvalue weighted by molar-refractivity contribution is 7.14. The van der Waals surface area contributed by atoms with Crippen molar-refractivity contribution in [2.75, 3.05) is 12.1 Å². The molecule has 1 aromatic heterocycles. The molecular weight excluding hydrogens is 416 g/mol. The summed E-state index contributed by atoms with van der Waals surface area (Å²) in [5, 5.41) is 24.6. The monoisotopic (exact) mass is 432 g/mol. The van der Waals surface area contributed by atoms with Crippen molar-refractivity contribution in [3.05, 3.63) is 71.6 Å². The number of thiazole rings is 1. The maximum atomic E-state index is 11.2. The Kier molecular flexibility index (Phi) is 4.68. The minimum Gasteiger partial charge on any atom is -0.507 e. The summed E-state index contributed by atoms with van der Waals surface area (Å²) in [5.41, 5.74) is 4.06. The van der Waals surface area contributed by atoms with Crippen molar-refractivity contribution < 1.29 is 24.5 Å². The molecule has 4 aromatic rings. The quantitative estimate of drug-likeness (QED) is 0.391. The number of hydrogen-bond donors (Lipinski definition) is 3. The van der Waals surface area contributed by atoms with Gasteiger partial charge in [-0.05, 0) is 53.6 Å². The van der Waals surface area contributed by atoms with E-state index in [9.17, 15) is 15.0 Å². The number of hydrogen-bond acceptors (Lipinski definition) is 7. The van der Waals surface area contributed by atoms with Crippen molar-refractivity contribution in [3.8, 4) is 39.6 Å². The zero-order chi connectivity index (χ0) is 21.4. The van der Waals surface area contributed by atoms with Crippen LogP contribution in [0.15, 0.2) is 66.0 Å².